The van der Waals surface area contributed by atoms with Gasteiger partial charge in [0.05, 0.1) is 24.4 Å². The molecule has 5 rings (SSSR count). The minimum absolute atomic E-state index is 0.0260. The fourth-order valence-electron chi connectivity index (χ4n) is 4.86. The average molecular weight is 478 g/mol. The molecule has 1 fully saturated rings. The molecular formula is C26H31N5O4. The van der Waals surface area contributed by atoms with Crippen molar-refractivity contribution in [2.75, 3.05) is 25.4 Å². The monoisotopic (exact) mass is 477 g/mol. The third-order valence-electron chi connectivity index (χ3n) is 6.57. The van der Waals surface area contributed by atoms with Gasteiger partial charge in [-0.1, -0.05) is 23.4 Å². The number of nitrogens with two attached hydrogens (primary N) is 1. The summed E-state index contributed by atoms with van der Waals surface area (Å²) in [7, 11) is 0. The van der Waals surface area contributed by atoms with Crippen LogP contribution in [0.2, 0.25) is 0 Å². The van der Waals surface area contributed by atoms with Crippen molar-refractivity contribution in [3.05, 3.63) is 47.5 Å². The van der Waals surface area contributed by atoms with E-state index < -0.39 is 6.10 Å². The number of aromatic nitrogens is 2. The summed E-state index contributed by atoms with van der Waals surface area (Å²) in [5.74, 6) is 1.58. The quantitative estimate of drug-likeness (QED) is 0.444. The van der Waals surface area contributed by atoms with Gasteiger partial charge in [0.1, 0.15) is 5.75 Å². The fourth-order valence-corrected chi connectivity index (χ4v) is 4.86. The molecule has 0 saturated carbocycles. The highest BCUT2D eigenvalue weighted by molar-refractivity contribution is 5.78. The summed E-state index contributed by atoms with van der Waals surface area (Å²) in [4.78, 5) is 18.8. The predicted octanol–water partition coefficient (Wildman–Crippen LogP) is 2.94. The van der Waals surface area contributed by atoms with Crippen molar-refractivity contribution in [1.29, 1.82) is 0 Å². The van der Waals surface area contributed by atoms with Gasteiger partial charge in [0.15, 0.2) is 0 Å². The first kappa shape index (κ1) is 23.3. The van der Waals surface area contributed by atoms with E-state index >= 15 is 0 Å². The van der Waals surface area contributed by atoms with Gasteiger partial charge < -0.3 is 30.3 Å². The molecule has 0 bridgehead atoms. The normalized spacial score (nSPS) is 19.4. The molecular weight excluding hydrogens is 446 g/mol. The molecule has 0 spiro atoms. The zero-order valence-corrected chi connectivity index (χ0v) is 20.0. The molecule has 0 unspecified atom stereocenters. The van der Waals surface area contributed by atoms with E-state index in [0.29, 0.717) is 42.7 Å². The lowest BCUT2D eigenvalue weighted by Gasteiger charge is -2.19. The highest BCUT2D eigenvalue weighted by Crippen LogP contribution is 2.37. The molecule has 1 saturated heterocycles. The third kappa shape index (κ3) is 4.87. The maximum Gasteiger partial charge on any atom is 0.258 e. The molecule has 0 radical (unpaired) electrons. The summed E-state index contributed by atoms with van der Waals surface area (Å²) >= 11 is 0. The lowest BCUT2D eigenvalue weighted by Crippen LogP contribution is -2.38. The van der Waals surface area contributed by atoms with Gasteiger partial charge in [-0.25, -0.2) is 0 Å². The summed E-state index contributed by atoms with van der Waals surface area (Å²) in [6.45, 7) is 5.20. The average Bonchev–Trinajstić information content (AvgIpc) is 3.58. The van der Waals surface area contributed by atoms with Crippen LogP contribution in [0.5, 0.6) is 5.75 Å². The van der Waals surface area contributed by atoms with E-state index in [9.17, 15) is 9.90 Å². The molecule has 3 aromatic rings. The first-order valence-electron chi connectivity index (χ1n) is 12.1. The first-order chi connectivity index (χ1) is 16.9. The minimum Gasteiger partial charge on any atom is -0.489 e. The van der Waals surface area contributed by atoms with E-state index in [1.807, 2.05) is 38.1 Å². The molecule has 35 heavy (non-hydrogen) atoms. The number of aliphatic hydroxyl groups is 1. The third-order valence-corrected chi connectivity index (χ3v) is 6.57. The van der Waals surface area contributed by atoms with E-state index in [-0.39, 0.29) is 24.6 Å². The molecule has 1 aromatic heterocycles. The first-order valence-corrected chi connectivity index (χ1v) is 12.1. The van der Waals surface area contributed by atoms with Crippen molar-refractivity contribution in [3.8, 4) is 28.6 Å². The summed E-state index contributed by atoms with van der Waals surface area (Å²) in [6, 6.07) is 11.6. The number of likely N-dealkylation sites (tertiary alicyclic amines) is 1. The number of benzene rings is 2. The van der Waals surface area contributed by atoms with E-state index in [2.05, 4.69) is 21.5 Å². The number of nitrogen functional groups attached to an aromatic ring is 1. The molecule has 1 amide bonds. The van der Waals surface area contributed by atoms with Crippen LogP contribution in [-0.2, 0) is 11.2 Å². The molecule has 1 aliphatic carbocycles. The van der Waals surface area contributed by atoms with E-state index in [0.717, 1.165) is 29.5 Å². The number of aliphatic hydroxyl groups excluding tert-OH is 1. The Bertz CT molecular complexity index is 1220. The second kappa shape index (κ2) is 9.67. The molecule has 9 nitrogen and oxygen atoms in total. The summed E-state index contributed by atoms with van der Waals surface area (Å²) in [5, 5.41) is 17.3. The number of nitrogens with zero attached hydrogens (tertiary/aromatic N) is 3. The Morgan fingerprint density at radius 1 is 1.31 bits per heavy atom. The Morgan fingerprint density at radius 3 is 2.91 bits per heavy atom. The van der Waals surface area contributed by atoms with Gasteiger partial charge in [-0.05, 0) is 62.4 Å². The number of hydrogen-bond donors (Lipinski definition) is 3. The SMILES string of the molecule is CC(C)Oc1ccc(-c2nc(-c3cccc4c3CC[C@H]4NCC(=O)N3CC[C@H](O)C3)no2)cc1N. The highest BCUT2D eigenvalue weighted by Gasteiger charge is 2.29. The van der Waals surface area contributed by atoms with Crippen molar-refractivity contribution >= 4 is 11.6 Å². The van der Waals surface area contributed by atoms with Crippen LogP contribution >= 0.6 is 0 Å². The van der Waals surface area contributed by atoms with E-state index in [1.54, 1.807) is 11.0 Å². The molecule has 2 aromatic carbocycles. The predicted molar refractivity (Wildman–Crippen MR) is 132 cm³/mol. The van der Waals surface area contributed by atoms with Crippen molar-refractivity contribution in [2.24, 2.45) is 0 Å². The Hall–Kier alpha value is -3.43. The van der Waals surface area contributed by atoms with Crippen LogP contribution in [-0.4, -0.2) is 57.9 Å². The zero-order chi connectivity index (χ0) is 24.5. The largest absolute Gasteiger partial charge is 0.489 e. The topological polar surface area (TPSA) is 127 Å². The molecule has 4 N–H and O–H groups in total. The molecule has 2 heterocycles. The second-order valence-corrected chi connectivity index (χ2v) is 9.47. The van der Waals surface area contributed by atoms with Gasteiger partial charge in [0.2, 0.25) is 11.7 Å². The number of anilines is 1. The van der Waals surface area contributed by atoms with Crippen LogP contribution in [0.25, 0.3) is 22.8 Å². The van der Waals surface area contributed by atoms with Gasteiger partial charge in [0.25, 0.3) is 5.89 Å². The second-order valence-electron chi connectivity index (χ2n) is 9.47. The van der Waals surface area contributed by atoms with Crippen LogP contribution in [0, 0.1) is 0 Å². The number of fused-ring (bicyclic) bond motifs is 1. The van der Waals surface area contributed by atoms with Crippen LogP contribution in [0.4, 0.5) is 5.69 Å². The summed E-state index contributed by atoms with van der Waals surface area (Å²) < 4.78 is 11.3. The van der Waals surface area contributed by atoms with Gasteiger partial charge in [-0.15, -0.1) is 0 Å². The number of ether oxygens (including phenoxy) is 1. The Balaban J connectivity index is 1.31. The number of hydrogen-bond acceptors (Lipinski definition) is 8. The van der Waals surface area contributed by atoms with Gasteiger partial charge in [0, 0.05) is 30.3 Å². The van der Waals surface area contributed by atoms with Gasteiger partial charge >= 0.3 is 0 Å². The Labute approximate surface area is 204 Å². The maximum absolute atomic E-state index is 12.5. The Morgan fingerprint density at radius 2 is 2.17 bits per heavy atom. The van der Waals surface area contributed by atoms with Gasteiger partial charge in [-0.2, -0.15) is 4.98 Å². The molecule has 1 aliphatic heterocycles. The zero-order valence-electron chi connectivity index (χ0n) is 20.0. The summed E-state index contributed by atoms with van der Waals surface area (Å²) in [5.41, 5.74) is 10.7. The number of amides is 1. The van der Waals surface area contributed by atoms with Crippen molar-refractivity contribution < 1.29 is 19.2 Å². The number of β-amino-alcohol motifs (C(OH)–C–C–N with tert-alkyl or cyclic N) is 1. The molecule has 184 valence electrons. The number of rotatable bonds is 7. The number of carbonyl (C=O) groups is 1. The Kier molecular flexibility index (Phi) is 6.44. The van der Waals surface area contributed by atoms with Crippen LogP contribution in [0.1, 0.15) is 43.9 Å². The van der Waals surface area contributed by atoms with Crippen LogP contribution in [0.15, 0.2) is 40.9 Å². The smallest absolute Gasteiger partial charge is 0.258 e. The molecule has 2 atom stereocenters. The number of nitrogens with one attached hydrogen (secondary N) is 1. The standard InChI is InChI=1S/C26H31N5O4/c1-15(2)34-23-9-6-16(12-21(23)27)26-29-25(30-35-26)20-5-3-4-19-18(20)7-8-22(19)28-13-24(33)31-11-10-17(32)14-31/h3-6,9,12,15,17,22,28,32H,7-8,10-11,13-14,27H2,1-2H3/t17-,22+/m0/s1. The van der Waals surface area contributed by atoms with Gasteiger partial charge in [-0.3, -0.25) is 4.79 Å². The van der Waals surface area contributed by atoms with Crippen molar-refractivity contribution in [2.45, 2.75) is 51.4 Å². The summed E-state index contributed by atoms with van der Waals surface area (Å²) in [6.07, 6.45) is 2.02. The lowest BCUT2D eigenvalue weighted by atomic mass is 10.0. The number of carbonyl (C=O) groups excluding carboxylic acids is 1. The fraction of sp³-hybridized carbons (Fsp3) is 0.423. The maximum atomic E-state index is 12.5. The van der Waals surface area contributed by atoms with Crippen LogP contribution in [0.3, 0.4) is 0 Å². The van der Waals surface area contributed by atoms with E-state index in [4.69, 9.17) is 15.0 Å². The van der Waals surface area contributed by atoms with E-state index in [1.165, 1.54) is 5.56 Å². The van der Waals surface area contributed by atoms with Crippen molar-refractivity contribution in [1.82, 2.24) is 20.4 Å². The van der Waals surface area contributed by atoms with Crippen LogP contribution < -0.4 is 15.8 Å². The highest BCUT2D eigenvalue weighted by atomic mass is 16.5. The molecule has 9 heteroatoms. The molecule has 2 aliphatic rings. The van der Waals surface area contributed by atoms with Crippen molar-refractivity contribution in [3.63, 3.8) is 0 Å². The lowest BCUT2D eigenvalue weighted by molar-refractivity contribution is -0.129. The minimum atomic E-state index is -0.406.